The molecular formula is C26H20N2. The molecule has 0 bridgehead atoms. The van der Waals surface area contributed by atoms with E-state index in [9.17, 15) is 0 Å². The van der Waals surface area contributed by atoms with Crippen LogP contribution in [0.1, 0.15) is 6.92 Å². The minimum Gasteiger partial charge on any atom is -0.327 e. The number of hydrogen-bond acceptors (Lipinski definition) is 1. The van der Waals surface area contributed by atoms with Gasteiger partial charge in [0, 0.05) is 28.4 Å². The SMILES string of the molecule is CCN1c2c(ccc3ccccc23)-c2ccccc2-n2c1cc1ccccc12. The Balaban J connectivity index is 1.85. The molecule has 6 rings (SSSR count). The van der Waals surface area contributed by atoms with Gasteiger partial charge in [-0.2, -0.15) is 0 Å². The second-order valence-electron chi connectivity index (χ2n) is 7.34. The van der Waals surface area contributed by atoms with Gasteiger partial charge in [-0.3, -0.25) is 4.57 Å². The molecular weight excluding hydrogens is 340 g/mol. The molecule has 0 radical (unpaired) electrons. The highest BCUT2D eigenvalue weighted by atomic mass is 15.3. The Bertz CT molecular complexity index is 1360. The van der Waals surface area contributed by atoms with Crippen molar-refractivity contribution in [3.63, 3.8) is 0 Å². The summed E-state index contributed by atoms with van der Waals surface area (Å²) in [6, 6.07) is 33.0. The first kappa shape index (κ1) is 15.5. The molecule has 0 atom stereocenters. The van der Waals surface area contributed by atoms with E-state index in [4.69, 9.17) is 0 Å². The molecule has 2 heteroatoms. The van der Waals surface area contributed by atoms with Gasteiger partial charge < -0.3 is 4.90 Å². The topological polar surface area (TPSA) is 8.17 Å². The Morgan fingerprint density at radius 1 is 0.679 bits per heavy atom. The lowest BCUT2D eigenvalue weighted by Gasteiger charge is -2.25. The van der Waals surface area contributed by atoms with Crippen LogP contribution in [-0.4, -0.2) is 11.1 Å². The summed E-state index contributed by atoms with van der Waals surface area (Å²) in [6.45, 7) is 3.15. The third-order valence-electron chi connectivity index (χ3n) is 5.89. The molecule has 28 heavy (non-hydrogen) atoms. The highest BCUT2D eigenvalue weighted by molar-refractivity contribution is 6.07. The van der Waals surface area contributed by atoms with Crippen molar-refractivity contribution in [3.8, 4) is 16.8 Å². The highest BCUT2D eigenvalue weighted by Crippen LogP contribution is 2.47. The van der Waals surface area contributed by atoms with E-state index in [1.165, 1.54) is 50.0 Å². The van der Waals surface area contributed by atoms with E-state index >= 15 is 0 Å². The number of rotatable bonds is 1. The number of para-hydroxylation sites is 2. The first-order valence-electron chi connectivity index (χ1n) is 9.86. The van der Waals surface area contributed by atoms with Crippen LogP contribution in [0.25, 0.3) is 38.5 Å². The minimum atomic E-state index is 0.908. The molecule has 0 spiro atoms. The molecule has 0 saturated heterocycles. The van der Waals surface area contributed by atoms with Gasteiger partial charge in [0.2, 0.25) is 0 Å². The Morgan fingerprint density at radius 3 is 2.32 bits per heavy atom. The van der Waals surface area contributed by atoms with Gasteiger partial charge in [-0.15, -0.1) is 0 Å². The first-order valence-corrected chi connectivity index (χ1v) is 9.86. The van der Waals surface area contributed by atoms with E-state index in [1.807, 2.05) is 0 Å². The average molecular weight is 360 g/mol. The Morgan fingerprint density at radius 2 is 1.43 bits per heavy atom. The summed E-state index contributed by atoms with van der Waals surface area (Å²) < 4.78 is 2.42. The van der Waals surface area contributed by atoms with Crippen LogP contribution < -0.4 is 4.90 Å². The summed E-state index contributed by atoms with van der Waals surface area (Å²) in [5.41, 5.74) is 6.37. The molecule has 0 unspecified atom stereocenters. The molecule has 5 aromatic rings. The highest BCUT2D eigenvalue weighted by Gasteiger charge is 2.26. The fourth-order valence-corrected chi connectivity index (χ4v) is 4.69. The lowest BCUT2D eigenvalue weighted by molar-refractivity contribution is 0.972. The van der Waals surface area contributed by atoms with Crippen molar-refractivity contribution in [1.29, 1.82) is 0 Å². The average Bonchev–Trinajstić information content (AvgIpc) is 3.08. The standard InChI is InChI=1S/C26H20N2/c1-2-27-25-17-19-10-4-7-13-23(19)28(25)24-14-8-6-12-21(24)22-16-15-18-9-3-5-11-20(18)26(22)27/h3-17H,2H2,1H3. The second kappa shape index (κ2) is 5.74. The maximum absolute atomic E-state index is 2.47. The zero-order chi connectivity index (χ0) is 18.7. The van der Waals surface area contributed by atoms with Gasteiger partial charge in [-0.25, -0.2) is 0 Å². The molecule has 2 nitrogen and oxygen atoms in total. The summed E-state index contributed by atoms with van der Waals surface area (Å²) in [5, 5.41) is 3.85. The minimum absolute atomic E-state index is 0.908. The largest absolute Gasteiger partial charge is 0.327 e. The summed E-state index contributed by atoms with van der Waals surface area (Å²) in [4.78, 5) is 2.47. The number of nitrogens with zero attached hydrogens (tertiary/aromatic N) is 2. The molecule has 1 aliphatic heterocycles. The van der Waals surface area contributed by atoms with Crippen molar-refractivity contribution in [3.05, 3.63) is 91.0 Å². The predicted molar refractivity (Wildman–Crippen MR) is 119 cm³/mol. The normalized spacial score (nSPS) is 12.5. The summed E-state index contributed by atoms with van der Waals surface area (Å²) in [7, 11) is 0. The van der Waals surface area contributed by atoms with Crippen molar-refractivity contribution in [2.24, 2.45) is 0 Å². The zero-order valence-electron chi connectivity index (χ0n) is 15.8. The fraction of sp³-hybridized carbons (Fsp3) is 0.0769. The third-order valence-corrected chi connectivity index (χ3v) is 5.89. The molecule has 0 N–H and O–H groups in total. The summed E-state index contributed by atoms with van der Waals surface area (Å²) in [6.07, 6.45) is 0. The van der Waals surface area contributed by atoms with E-state index < -0.39 is 0 Å². The maximum atomic E-state index is 2.47. The van der Waals surface area contributed by atoms with Gasteiger partial charge in [-0.05, 0) is 30.5 Å². The maximum Gasteiger partial charge on any atom is 0.118 e. The van der Waals surface area contributed by atoms with Gasteiger partial charge in [0.15, 0.2) is 0 Å². The molecule has 0 amide bonds. The summed E-state index contributed by atoms with van der Waals surface area (Å²) >= 11 is 0. The van der Waals surface area contributed by atoms with Crippen molar-refractivity contribution in [2.75, 3.05) is 11.4 Å². The fourth-order valence-electron chi connectivity index (χ4n) is 4.69. The summed E-state index contributed by atoms with van der Waals surface area (Å²) in [5.74, 6) is 1.23. The van der Waals surface area contributed by atoms with E-state index in [0.717, 1.165) is 6.54 Å². The monoisotopic (exact) mass is 360 g/mol. The van der Waals surface area contributed by atoms with Crippen LogP contribution in [-0.2, 0) is 0 Å². The van der Waals surface area contributed by atoms with Crippen molar-refractivity contribution >= 4 is 33.2 Å². The third kappa shape index (κ3) is 1.97. The van der Waals surface area contributed by atoms with Crippen LogP contribution in [0.15, 0.2) is 91.0 Å². The van der Waals surface area contributed by atoms with Gasteiger partial charge in [0.25, 0.3) is 0 Å². The molecule has 134 valence electrons. The van der Waals surface area contributed by atoms with Crippen LogP contribution in [0.3, 0.4) is 0 Å². The molecule has 1 aliphatic rings. The molecule has 0 aliphatic carbocycles. The Hall–Kier alpha value is -3.52. The molecule has 0 fully saturated rings. The number of hydrogen-bond donors (Lipinski definition) is 0. The first-order chi connectivity index (χ1) is 13.9. The van der Waals surface area contributed by atoms with Gasteiger partial charge in [-0.1, -0.05) is 72.8 Å². The second-order valence-corrected chi connectivity index (χ2v) is 7.34. The number of aromatic nitrogens is 1. The van der Waals surface area contributed by atoms with Gasteiger partial charge in [0.1, 0.15) is 5.82 Å². The quantitative estimate of drug-likeness (QED) is 0.315. The van der Waals surface area contributed by atoms with Crippen molar-refractivity contribution < 1.29 is 0 Å². The van der Waals surface area contributed by atoms with Crippen LogP contribution >= 0.6 is 0 Å². The molecule has 2 heterocycles. The van der Waals surface area contributed by atoms with E-state index in [-0.39, 0.29) is 0 Å². The lowest BCUT2D eigenvalue weighted by Crippen LogP contribution is -2.18. The Labute approximate surface area is 164 Å². The van der Waals surface area contributed by atoms with Crippen LogP contribution in [0.5, 0.6) is 0 Å². The lowest BCUT2D eigenvalue weighted by atomic mass is 9.96. The zero-order valence-corrected chi connectivity index (χ0v) is 15.8. The number of anilines is 2. The number of benzene rings is 4. The Kier molecular flexibility index (Phi) is 3.18. The van der Waals surface area contributed by atoms with Crippen LogP contribution in [0.2, 0.25) is 0 Å². The molecule has 1 aromatic heterocycles. The van der Waals surface area contributed by atoms with E-state index in [1.54, 1.807) is 0 Å². The predicted octanol–water partition coefficient (Wildman–Crippen LogP) is 6.92. The molecule has 0 saturated carbocycles. The van der Waals surface area contributed by atoms with Crippen molar-refractivity contribution in [1.82, 2.24) is 4.57 Å². The number of fused-ring (bicyclic) bond motifs is 9. The van der Waals surface area contributed by atoms with E-state index in [2.05, 4.69) is 107 Å². The van der Waals surface area contributed by atoms with Gasteiger partial charge >= 0.3 is 0 Å². The van der Waals surface area contributed by atoms with Crippen molar-refractivity contribution in [2.45, 2.75) is 6.92 Å². The van der Waals surface area contributed by atoms with E-state index in [0.29, 0.717) is 0 Å². The van der Waals surface area contributed by atoms with Gasteiger partial charge in [0.05, 0.1) is 16.9 Å². The van der Waals surface area contributed by atoms with Crippen LogP contribution in [0.4, 0.5) is 11.5 Å². The van der Waals surface area contributed by atoms with Crippen LogP contribution in [0, 0.1) is 0 Å². The molecule has 4 aromatic carbocycles. The smallest absolute Gasteiger partial charge is 0.118 e.